The maximum absolute atomic E-state index is 12.6. The van der Waals surface area contributed by atoms with Gasteiger partial charge < -0.3 is 9.80 Å². The van der Waals surface area contributed by atoms with Crippen LogP contribution in [0.5, 0.6) is 0 Å². The van der Waals surface area contributed by atoms with Gasteiger partial charge in [-0.25, -0.2) is 0 Å². The number of halogens is 2. The van der Waals surface area contributed by atoms with E-state index >= 15 is 0 Å². The van der Waals surface area contributed by atoms with E-state index in [2.05, 4.69) is 4.90 Å². The Bertz CT molecular complexity index is 743. The number of likely N-dealkylation sites (N-methyl/N-ethyl adjacent to an activating group) is 1. The van der Waals surface area contributed by atoms with Crippen LogP contribution in [0.4, 0.5) is 5.69 Å². The number of piperazine rings is 1. The molecule has 2 aromatic rings. The van der Waals surface area contributed by atoms with Crippen LogP contribution in [-0.4, -0.2) is 55.5 Å². The van der Waals surface area contributed by atoms with Crippen molar-refractivity contribution in [2.75, 3.05) is 44.7 Å². The molecule has 138 valence electrons. The van der Waals surface area contributed by atoms with E-state index < -0.39 is 0 Å². The molecule has 1 aliphatic heterocycles. The van der Waals surface area contributed by atoms with E-state index in [4.69, 9.17) is 23.2 Å². The quantitative estimate of drug-likeness (QED) is 0.775. The summed E-state index contributed by atoms with van der Waals surface area (Å²) in [5.41, 5.74) is 2.19. The summed E-state index contributed by atoms with van der Waals surface area (Å²) in [6.45, 7) is 4.18. The van der Waals surface area contributed by atoms with Crippen LogP contribution < -0.4 is 4.90 Å². The van der Waals surface area contributed by atoms with E-state index in [0.717, 1.165) is 54.0 Å². The molecule has 2 aromatic carbocycles. The maximum Gasteiger partial charge on any atom is 0.236 e. The molecule has 0 radical (unpaired) electrons. The molecule has 0 spiro atoms. The lowest BCUT2D eigenvalue weighted by Crippen LogP contribution is -2.51. The Morgan fingerprint density at radius 1 is 1.00 bits per heavy atom. The number of carbonyl (C=O) groups excluding carboxylic acids is 1. The molecular weight excluding hydrogens is 369 g/mol. The van der Waals surface area contributed by atoms with Gasteiger partial charge in [0.05, 0.1) is 17.3 Å². The number of rotatable bonds is 5. The van der Waals surface area contributed by atoms with Crippen LogP contribution in [0.15, 0.2) is 48.5 Å². The van der Waals surface area contributed by atoms with Crippen molar-refractivity contribution in [3.63, 3.8) is 0 Å². The van der Waals surface area contributed by atoms with Crippen molar-refractivity contribution in [3.05, 3.63) is 64.1 Å². The van der Waals surface area contributed by atoms with Crippen molar-refractivity contribution >= 4 is 34.8 Å². The summed E-state index contributed by atoms with van der Waals surface area (Å²) in [6, 6.07) is 15.6. The molecule has 0 N–H and O–H groups in total. The zero-order chi connectivity index (χ0) is 18.5. The van der Waals surface area contributed by atoms with Crippen molar-refractivity contribution in [2.45, 2.75) is 6.54 Å². The van der Waals surface area contributed by atoms with E-state index in [9.17, 15) is 4.79 Å². The first-order valence-electron chi connectivity index (χ1n) is 8.73. The zero-order valence-corrected chi connectivity index (χ0v) is 16.4. The van der Waals surface area contributed by atoms with Crippen LogP contribution >= 0.6 is 23.2 Å². The lowest BCUT2D eigenvalue weighted by atomic mass is 10.2. The second kappa shape index (κ2) is 8.76. The molecule has 0 aliphatic carbocycles. The fourth-order valence-electron chi connectivity index (χ4n) is 3.19. The summed E-state index contributed by atoms with van der Waals surface area (Å²) in [6.07, 6.45) is 0. The van der Waals surface area contributed by atoms with Crippen LogP contribution in [0, 0.1) is 0 Å². The minimum absolute atomic E-state index is 0.167. The van der Waals surface area contributed by atoms with Gasteiger partial charge in [0.15, 0.2) is 0 Å². The number of hydrogen-bond donors (Lipinski definition) is 0. The van der Waals surface area contributed by atoms with Gasteiger partial charge in [-0.3, -0.25) is 9.69 Å². The molecule has 1 fully saturated rings. The lowest BCUT2D eigenvalue weighted by molar-refractivity contribution is -0.132. The van der Waals surface area contributed by atoms with E-state index in [1.54, 1.807) is 0 Å². The van der Waals surface area contributed by atoms with Gasteiger partial charge in [0, 0.05) is 37.7 Å². The molecule has 6 heteroatoms. The lowest BCUT2D eigenvalue weighted by Gasteiger charge is -2.37. The van der Waals surface area contributed by atoms with Gasteiger partial charge in [0.1, 0.15) is 0 Å². The molecule has 1 amide bonds. The van der Waals surface area contributed by atoms with Gasteiger partial charge in [-0.05, 0) is 36.9 Å². The molecule has 0 saturated carbocycles. The third-order valence-electron chi connectivity index (χ3n) is 4.60. The van der Waals surface area contributed by atoms with Crippen LogP contribution in [0.3, 0.4) is 0 Å². The van der Waals surface area contributed by atoms with E-state index in [0.29, 0.717) is 6.54 Å². The van der Waals surface area contributed by atoms with Crippen molar-refractivity contribution in [1.29, 1.82) is 0 Å². The number of nitrogens with zero attached hydrogens (tertiary/aromatic N) is 3. The number of benzene rings is 2. The predicted molar refractivity (Wildman–Crippen MR) is 108 cm³/mol. The van der Waals surface area contributed by atoms with Crippen molar-refractivity contribution < 1.29 is 4.79 Å². The number of hydrogen-bond acceptors (Lipinski definition) is 3. The van der Waals surface area contributed by atoms with Crippen LogP contribution in [0.2, 0.25) is 10.0 Å². The normalized spacial score (nSPS) is 14.8. The molecule has 3 rings (SSSR count). The fraction of sp³-hybridized carbons (Fsp3) is 0.350. The number of anilines is 1. The van der Waals surface area contributed by atoms with Crippen molar-refractivity contribution in [3.8, 4) is 0 Å². The Morgan fingerprint density at radius 2 is 1.65 bits per heavy atom. The fourth-order valence-corrected chi connectivity index (χ4v) is 3.57. The van der Waals surface area contributed by atoms with Gasteiger partial charge >= 0.3 is 0 Å². The highest BCUT2D eigenvalue weighted by Crippen LogP contribution is 2.26. The average molecular weight is 392 g/mol. The molecule has 0 aromatic heterocycles. The standard InChI is InChI=1S/C20H23Cl2N3O/c1-23(14-16-6-8-17(21)9-7-16)15-20(26)25-12-10-24(11-13-25)19-5-3-2-4-18(19)22/h2-9H,10-15H2,1H3. The Labute approximate surface area is 164 Å². The highest BCUT2D eigenvalue weighted by Gasteiger charge is 2.23. The summed E-state index contributed by atoms with van der Waals surface area (Å²) < 4.78 is 0. The molecule has 0 bridgehead atoms. The SMILES string of the molecule is CN(CC(=O)N1CCN(c2ccccc2Cl)CC1)Cc1ccc(Cl)cc1. The van der Waals surface area contributed by atoms with Crippen LogP contribution in [0.25, 0.3) is 0 Å². The maximum atomic E-state index is 12.6. The Kier molecular flexibility index (Phi) is 6.41. The highest BCUT2D eigenvalue weighted by molar-refractivity contribution is 6.33. The van der Waals surface area contributed by atoms with E-state index in [-0.39, 0.29) is 5.91 Å². The third-order valence-corrected chi connectivity index (χ3v) is 5.17. The number of para-hydroxylation sites is 1. The van der Waals surface area contributed by atoms with Crippen LogP contribution in [-0.2, 0) is 11.3 Å². The molecule has 0 atom stereocenters. The Balaban J connectivity index is 1.49. The zero-order valence-electron chi connectivity index (χ0n) is 14.9. The van der Waals surface area contributed by atoms with Gasteiger partial charge in [0.2, 0.25) is 5.91 Å². The second-order valence-electron chi connectivity index (χ2n) is 6.62. The Hall–Kier alpha value is -1.75. The first kappa shape index (κ1) is 19.0. The van der Waals surface area contributed by atoms with Crippen molar-refractivity contribution in [2.24, 2.45) is 0 Å². The first-order valence-corrected chi connectivity index (χ1v) is 9.49. The summed E-state index contributed by atoms with van der Waals surface area (Å²) in [5.74, 6) is 0.167. The minimum Gasteiger partial charge on any atom is -0.367 e. The smallest absolute Gasteiger partial charge is 0.236 e. The van der Waals surface area contributed by atoms with Gasteiger partial charge in [-0.2, -0.15) is 0 Å². The number of carbonyl (C=O) groups is 1. The molecule has 26 heavy (non-hydrogen) atoms. The van der Waals surface area contributed by atoms with Gasteiger partial charge in [0.25, 0.3) is 0 Å². The highest BCUT2D eigenvalue weighted by atomic mass is 35.5. The van der Waals surface area contributed by atoms with Crippen LogP contribution in [0.1, 0.15) is 5.56 Å². The summed E-state index contributed by atoms with van der Waals surface area (Å²) in [5, 5.41) is 1.49. The summed E-state index contributed by atoms with van der Waals surface area (Å²) in [7, 11) is 1.96. The van der Waals surface area contributed by atoms with E-state index in [1.165, 1.54) is 0 Å². The third kappa shape index (κ3) is 4.91. The molecule has 1 heterocycles. The van der Waals surface area contributed by atoms with Gasteiger partial charge in [-0.1, -0.05) is 47.5 Å². The Morgan fingerprint density at radius 3 is 2.31 bits per heavy atom. The molecule has 1 aliphatic rings. The minimum atomic E-state index is 0.167. The molecule has 1 saturated heterocycles. The number of amides is 1. The molecular formula is C20H23Cl2N3O. The summed E-state index contributed by atoms with van der Waals surface area (Å²) in [4.78, 5) is 18.8. The largest absolute Gasteiger partial charge is 0.367 e. The monoisotopic (exact) mass is 391 g/mol. The van der Waals surface area contributed by atoms with E-state index in [1.807, 2.05) is 65.4 Å². The predicted octanol–water partition coefficient (Wildman–Crippen LogP) is 3.77. The second-order valence-corrected chi connectivity index (χ2v) is 7.46. The average Bonchev–Trinajstić information content (AvgIpc) is 2.64. The topological polar surface area (TPSA) is 26.8 Å². The molecule has 0 unspecified atom stereocenters. The van der Waals surface area contributed by atoms with Gasteiger partial charge in [-0.15, -0.1) is 0 Å². The molecule has 4 nitrogen and oxygen atoms in total. The summed E-state index contributed by atoms with van der Waals surface area (Å²) >= 11 is 12.2. The van der Waals surface area contributed by atoms with Crippen molar-refractivity contribution in [1.82, 2.24) is 9.80 Å². The first-order chi connectivity index (χ1) is 12.5.